The first-order valence-corrected chi connectivity index (χ1v) is 7.73. The maximum Gasteiger partial charge on any atom is 0.243 e. The molecule has 2 rings (SSSR count). The maximum atomic E-state index is 12.6. The molecule has 1 heterocycles. The minimum Gasteiger partial charge on any atom is -0.355 e. The number of amides is 2. The van der Waals surface area contributed by atoms with Gasteiger partial charge in [0.15, 0.2) is 0 Å². The van der Waals surface area contributed by atoms with Gasteiger partial charge in [0.1, 0.15) is 6.04 Å². The molecule has 0 bridgehead atoms. The highest BCUT2D eigenvalue weighted by atomic mass is 16.2. The van der Waals surface area contributed by atoms with E-state index in [0.29, 0.717) is 19.5 Å². The van der Waals surface area contributed by atoms with Crippen molar-refractivity contribution in [1.29, 1.82) is 0 Å². The number of hydrogen-bond acceptors (Lipinski definition) is 2. The van der Waals surface area contributed by atoms with Gasteiger partial charge in [0, 0.05) is 25.4 Å². The van der Waals surface area contributed by atoms with E-state index in [9.17, 15) is 9.59 Å². The molecule has 1 N–H and O–H groups in total. The van der Waals surface area contributed by atoms with Crippen LogP contribution in [0.4, 0.5) is 0 Å². The van der Waals surface area contributed by atoms with Crippen molar-refractivity contribution in [2.24, 2.45) is 5.92 Å². The first-order valence-electron chi connectivity index (χ1n) is 7.73. The molecule has 21 heavy (non-hydrogen) atoms. The number of carbonyl (C=O) groups is 2. The van der Waals surface area contributed by atoms with E-state index in [2.05, 4.69) is 5.32 Å². The second-order valence-electron chi connectivity index (χ2n) is 5.66. The molecule has 2 atom stereocenters. The molecule has 0 radical (unpaired) electrons. The molecule has 1 aliphatic heterocycles. The highest BCUT2D eigenvalue weighted by Gasteiger charge is 2.35. The number of carbonyl (C=O) groups excluding carboxylic acids is 2. The lowest BCUT2D eigenvalue weighted by atomic mass is 9.92. The van der Waals surface area contributed by atoms with E-state index in [1.165, 1.54) is 5.56 Å². The van der Waals surface area contributed by atoms with Gasteiger partial charge in [0.05, 0.1) is 0 Å². The molecular formula is C17H24N2O2. The van der Waals surface area contributed by atoms with Crippen LogP contribution in [0.5, 0.6) is 0 Å². The van der Waals surface area contributed by atoms with Gasteiger partial charge < -0.3 is 10.2 Å². The van der Waals surface area contributed by atoms with E-state index < -0.39 is 0 Å². The number of likely N-dealkylation sites (N-methyl/N-ethyl adjacent to an activating group) is 1. The summed E-state index contributed by atoms with van der Waals surface area (Å²) in [5.74, 6) is -0.0286. The van der Waals surface area contributed by atoms with Crippen LogP contribution in [0.2, 0.25) is 0 Å². The molecule has 1 aliphatic rings. The molecule has 0 saturated heterocycles. The molecule has 2 unspecified atom stereocenters. The Hall–Kier alpha value is -1.84. The van der Waals surface area contributed by atoms with Crippen LogP contribution >= 0.6 is 0 Å². The van der Waals surface area contributed by atoms with Gasteiger partial charge in [-0.3, -0.25) is 9.59 Å². The highest BCUT2D eigenvalue weighted by molar-refractivity contribution is 5.89. The van der Waals surface area contributed by atoms with Gasteiger partial charge in [-0.15, -0.1) is 0 Å². The number of nitrogens with one attached hydrogen (secondary N) is 1. The lowest BCUT2D eigenvalue weighted by molar-refractivity contribution is -0.144. The van der Waals surface area contributed by atoms with E-state index in [1.807, 2.05) is 45.0 Å². The third-order valence-electron chi connectivity index (χ3n) is 4.22. The lowest BCUT2D eigenvalue weighted by Gasteiger charge is -2.37. The largest absolute Gasteiger partial charge is 0.355 e. The predicted molar refractivity (Wildman–Crippen MR) is 82.6 cm³/mol. The average molecular weight is 288 g/mol. The number of fused-ring (bicyclic) bond motifs is 1. The monoisotopic (exact) mass is 288 g/mol. The Kier molecular flexibility index (Phi) is 4.99. The maximum absolute atomic E-state index is 12.6. The van der Waals surface area contributed by atoms with Crippen LogP contribution in [0.1, 0.15) is 38.3 Å². The van der Waals surface area contributed by atoms with E-state index in [1.54, 1.807) is 4.90 Å². The van der Waals surface area contributed by atoms with Crippen molar-refractivity contribution in [2.45, 2.75) is 46.2 Å². The molecule has 4 nitrogen and oxygen atoms in total. The van der Waals surface area contributed by atoms with Gasteiger partial charge in [0.2, 0.25) is 11.8 Å². The highest BCUT2D eigenvalue weighted by Crippen LogP contribution is 2.25. The van der Waals surface area contributed by atoms with Crippen LogP contribution in [0, 0.1) is 5.92 Å². The summed E-state index contributed by atoms with van der Waals surface area (Å²) in [4.78, 5) is 26.7. The number of benzene rings is 1. The summed E-state index contributed by atoms with van der Waals surface area (Å²) in [5, 5.41) is 2.86. The van der Waals surface area contributed by atoms with Crippen LogP contribution in [0.25, 0.3) is 0 Å². The zero-order valence-corrected chi connectivity index (χ0v) is 13.1. The lowest BCUT2D eigenvalue weighted by Crippen LogP contribution is -2.53. The van der Waals surface area contributed by atoms with E-state index in [0.717, 1.165) is 12.0 Å². The van der Waals surface area contributed by atoms with Gasteiger partial charge >= 0.3 is 0 Å². The molecule has 0 saturated carbocycles. The zero-order chi connectivity index (χ0) is 15.4. The van der Waals surface area contributed by atoms with Crippen molar-refractivity contribution >= 4 is 11.8 Å². The third kappa shape index (κ3) is 3.26. The Morgan fingerprint density at radius 2 is 1.95 bits per heavy atom. The van der Waals surface area contributed by atoms with Gasteiger partial charge in [0.25, 0.3) is 0 Å². The fraction of sp³-hybridized carbons (Fsp3) is 0.529. The predicted octanol–water partition coefficient (Wildman–Crippen LogP) is 2.12. The fourth-order valence-electron chi connectivity index (χ4n) is 2.74. The molecule has 114 valence electrons. The van der Waals surface area contributed by atoms with Crippen LogP contribution in [-0.2, 0) is 22.6 Å². The van der Waals surface area contributed by atoms with Gasteiger partial charge in [-0.25, -0.2) is 0 Å². The molecule has 4 heteroatoms. The second kappa shape index (κ2) is 6.74. The smallest absolute Gasteiger partial charge is 0.243 e. The molecule has 0 aliphatic carbocycles. The summed E-state index contributed by atoms with van der Waals surface area (Å²) in [7, 11) is 0. The Bertz CT molecular complexity index is 527. The summed E-state index contributed by atoms with van der Waals surface area (Å²) in [6.45, 7) is 6.94. The summed E-state index contributed by atoms with van der Waals surface area (Å²) in [6.07, 6.45) is 1.39. The average Bonchev–Trinajstić information content (AvgIpc) is 2.52. The summed E-state index contributed by atoms with van der Waals surface area (Å²) >= 11 is 0. The van der Waals surface area contributed by atoms with Crippen LogP contribution in [0.15, 0.2) is 24.3 Å². The van der Waals surface area contributed by atoms with Gasteiger partial charge in [-0.05, 0) is 24.5 Å². The second-order valence-corrected chi connectivity index (χ2v) is 5.66. The Balaban J connectivity index is 2.30. The van der Waals surface area contributed by atoms with Gasteiger partial charge in [-0.1, -0.05) is 38.1 Å². The van der Waals surface area contributed by atoms with Crippen molar-refractivity contribution in [2.75, 3.05) is 6.54 Å². The van der Waals surface area contributed by atoms with Gasteiger partial charge in [-0.2, -0.15) is 0 Å². The minimum absolute atomic E-state index is 0.0489. The molecule has 1 aromatic carbocycles. The number of rotatable bonds is 4. The van der Waals surface area contributed by atoms with Crippen molar-refractivity contribution in [3.63, 3.8) is 0 Å². The SMILES string of the molecule is CCNC(=O)C1Cc2ccccc2CN1C(=O)C(C)CC. The zero-order valence-electron chi connectivity index (χ0n) is 13.1. The van der Waals surface area contributed by atoms with Crippen molar-refractivity contribution in [3.05, 3.63) is 35.4 Å². The third-order valence-corrected chi connectivity index (χ3v) is 4.22. The molecule has 0 aromatic heterocycles. The molecule has 0 spiro atoms. The summed E-state index contributed by atoms with van der Waals surface area (Å²) in [5.41, 5.74) is 2.32. The summed E-state index contributed by atoms with van der Waals surface area (Å²) < 4.78 is 0. The van der Waals surface area contributed by atoms with E-state index >= 15 is 0 Å². The topological polar surface area (TPSA) is 49.4 Å². The van der Waals surface area contributed by atoms with E-state index in [-0.39, 0.29) is 23.8 Å². The van der Waals surface area contributed by atoms with Crippen molar-refractivity contribution in [3.8, 4) is 0 Å². The standard InChI is InChI=1S/C17H24N2O2/c1-4-12(3)17(21)19-11-14-9-7-6-8-13(14)10-15(19)16(20)18-5-2/h6-9,12,15H,4-5,10-11H2,1-3H3,(H,18,20). The van der Waals surface area contributed by atoms with E-state index in [4.69, 9.17) is 0 Å². The molecule has 2 amide bonds. The Labute approximate surface area is 126 Å². The first-order chi connectivity index (χ1) is 10.1. The molecule has 1 aromatic rings. The first kappa shape index (κ1) is 15.5. The number of hydrogen-bond donors (Lipinski definition) is 1. The summed E-state index contributed by atoms with van der Waals surface area (Å²) in [6, 6.07) is 7.67. The van der Waals surface area contributed by atoms with Crippen LogP contribution in [-0.4, -0.2) is 29.3 Å². The number of nitrogens with zero attached hydrogens (tertiary/aromatic N) is 1. The normalized spacial score (nSPS) is 18.8. The molecular weight excluding hydrogens is 264 g/mol. The van der Waals surface area contributed by atoms with Crippen molar-refractivity contribution < 1.29 is 9.59 Å². The van der Waals surface area contributed by atoms with Crippen LogP contribution < -0.4 is 5.32 Å². The minimum atomic E-state index is -0.388. The van der Waals surface area contributed by atoms with Crippen LogP contribution in [0.3, 0.4) is 0 Å². The Morgan fingerprint density at radius 1 is 1.29 bits per heavy atom. The fourth-order valence-corrected chi connectivity index (χ4v) is 2.74. The quantitative estimate of drug-likeness (QED) is 0.922. The molecule has 0 fully saturated rings. The van der Waals surface area contributed by atoms with Crippen molar-refractivity contribution in [1.82, 2.24) is 10.2 Å². The Morgan fingerprint density at radius 3 is 2.57 bits per heavy atom.